The van der Waals surface area contributed by atoms with Crippen molar-refractivity contribution in [2.24, 2.45) is 0 Å². The number of rotatable bonds is 6. The van der Waals surface area contributed by atoms with E-state index in [0.717, 1.165) is 12.6 Å². The number of hydrogen-bond donors (Lipinski definition) is 3. The number of anilines is 1. The molecule has 7 nitrogen and oxygen atoms in total. The van der Waals surface area contributed by atoms with Gasteiger partial charge in [0.25, 0.3) is 5.69 Å². The first-order valence-corrected chi connectivity index (χ1v) is 5.52. The predicted octanol–water partition coefficient (Wildman–Crippen LogP) is 1.24. The van der Waals surface area contributed by atoms with E-state index in [1.807, 2.05) is 6.92 Å². The van der Waals surface area contributed by atoms with Crippen molar-refractivity contribution in [3.05, 3.63) is 28.3 Å². The minimum Gasteiger partial charge on any atom is -0.508 e. The molecule has 7 heteroatoms. The summed E-state index contributed by atoms with van der Waals surface area (Å²) in [5.41, 5.74) is -0.244. The molecule has 1 aromatic rings. The van der Waals surface area contributed by atoms with Crippen molar-refractivity contribution in [2.45, 2.75) is 13.3 Å². The van der Waals surface area contributed by atoms with E-state index in [0.29, 0.717) is 6.54 Å². The Balaban J connectivity index is 2.72. The van der Waals surface area contributed by atoms with Crippen LogP contribution in [0.3, 0.4) is 0 Å². The maximum absolute atomic E-state index is 11.5. The van der Waals surface area contributed by atoms with Crippen LogP contribution in [0, 0.1) is 10.1 Å². The smallest absolute Gasteiger partial charge is 0.296 e. The van der Waals surface area contributed by atoms with Gasteiger partial charge in [-0.3, -0.25) is 14.9 Å². The summed E-state index contributed by atoms with van der Waals surface area (Å²) < 4.78 is 0. The summed E-state index contributed by atoms with van der Waals surface area (Å²) in [5, 5.41) is 25.3. The Morgan fingerprint density at radius 2 is 2.22 bits per heavy atom. The molecule has 0 aliphatic heterocycles. The quantitative estimate of drug-likeness (QED) is 0.306. The molecule has 1 aromatic carbocycles. The normalized spacial score (nSPS) is 10.1. The van der Waals surface area contributed by atoms with Gasteiger partial charge in [-0.1, -0.05) is 6.92 Å². The van der Waals surface area contributed by atoms with Crippen LogP contribution in [-0.4, -0.2) is 29.0 Å². The second kappa shape index (κ2) is 6.55. The summed E-state index contributed by atoms with van der Waals surface area (Å²) in [7, 11) is 0. The lowest BCUT2D eigenvalue weighted by atomic mass is 10.2. The first kappa shape index (κ1) is 13.9. The van der Waals surface area contributed by atoms with E-state index < -0.39 is 4.92 Å². The standard InChI is InChI=1S/C11H15N3O4/c1-2-12-6-5-11(16)13-9-4-3-8(15)7-10(9)14(17)18/h3-4,7,12,15H,2,5-6H2,1H3,(H,13,16). The first-order chi connectivity index (χ1) is 8.54. The third-order valence-corrected chi connectivity index (χ3v) is 2.23. The first-order valence-electron chi connectivity index (χ1n) is 5.52. The monoisotopic (exact) mass is 253 g/mol. The molecular formula is C11H15N3O4. The minimum absolute atomic E-state index is 0.0827. The van der Waals surface area contributed by atoms with E-state index in [2.05, 4.69) is 10.6 Å². The molecule has 98 valence electrons. The van der Waals surface area contributed by atoms with Crippen LogP contribution in [0.2, 0.25) is 0 Å². The van der Waals surface area contributed by atoms with Crippen LogP contribution in [0.15, 0.2) is 18.2 Å². The van der Waals surface area contributed by atoms with Crippen molar-refractivity contribution < 1.29 is 14.8 Å². The summed E-state index contributed by atoms with van der Waals surface area (Å²) in [6, 6.07) is 3.59. The lowest BCUT2D eigenvalue weighted by molar-refractivity contribution is -0.384. The molecule has 18 heavy (non-hydrogen) atoms. The Morgan fingerprint density at radius 3 is 2.83 bits per heavy atom. The van der Waals surface area contributed by atoms with Crippen molar-refractivity contribution in [2.75, 3.05) is 18.4 Å². The molecule has 1 rings (SSSR count). The number of amides is 1. The van der Waals surface area contributed by atoms with Gasteiger partial charge in [0.15, 0.2) is 0 Å². The van der Waals surface area contributed by atoms with Crippen molar-refractivity contribution in [1.29, 1.82) is 0 Å². The van der Waals surface area contributed by atoms with Gasteiger partial charge in [0.2, 0.25) is 5.91 Å². The Labute approximate surface area is 104 Å². The van der Waals surface area contributed by atoms with Gasteiger partial charge in [-0.25, -0.2) is 0 Å². The minimum atomic E-state index is -0.653. The highest BCUT2D eigenvalue weighted by atomic mass is 16.6. The summed E-state index contributed by atoms with van der Waals surface area (Å²) in [6.07, 6.45) is 0.228. The molecule has 0 heterocycles. The Morgan fingerprint density at radius 1 is 1.50 bits per heavy atom. The van der Waals surface area contributed by atoms with E-state index in [1.165, 1.54) is 12.1 Å². The molecule has 0 unspecified atom stereocenters. The van der Waals surface area contributed by atoms with Crippen LogP contribution < -0.4 is 10.6 Å². The number of nitrogens with one attached hydrogen (secondary N) is 2. The van der Waals surface area contributed by atoms with Gasteiger partial charge >= 0.3 is 0 Å². The zero-order chi connectivity index (χ0) is 13.5. The zero-order valence-corrected chi connectivity index (χ0v) is 9.97. The third kappa shape index (κ3) is 4.02. The van der Waals surface area contributed by atoms with Gasteiger partial charge in [-0.2, -0.15) is 0 Å². The molecule has 0 aliphatic rings. The molecule has 0 atom stereocenters. The molecule has 0 radical (unpaired) electrons. The van der Waals surface area contributed by atoms with Gasteiger partial charge in [0.1, 0.15) is 11.4 Å². The number of carbonyl (C=O) groups is 1. The molecule has 0 saturated heterocycles. The number of benzene rings is 1. The second-order valence-corrected chi connectivity index (χ2v) is 3.61. The average molecular weight is 253 g/mol. The second-order valence-electron chi connectivity index (χ2n) is 3.61. The van der Waals surface area contributed by atoms with E-state index in [4.69, 9.17) is 5.11 Å². The average Bonchev–Trinajstić information content (AvgIpc) is 2.31. The van der Waals surface area contributed by atoms with Gasteiger partial charge in [0.05, 0.1) is 11.0 Å². The molecule has 0 saturated carbocycles. The van der Waals surface area contributed by atoms with E-state index >= 15 is 0 Å². The van der Waals surface area contributed by atoms with Gasteiger partial charge in [-0.15, -0.1) is 0 Å². The Hall–Kier alpha value is -2.15. The lowest BCUT2D eigenvalue weighted by Gasteiger charge is -2.06. The third-order valence-electron chi connectivity index (χ3n) is 2.23. The van der Waals surface area contributed by atoms with Crippen LogP contribution in [0.5, 0.6) is 5.75 Å². The van der Waals surface area contributed by atoms with Crippen LogP contribution >= 0.6 is 0 Å². The SMILES string of the molecule is CCNCCC(=O)Nc1ccc(O)cc1[N+](=O)[O-]. The van der Waals surface area contributed by atoms with E-state index in [1.54, 1.807) is 0 Å². The Kier molecular flexibility index (Phi) is 5.06. The molecule has 0 spiro atoms. The highest BCUT2D eigenvalue weighted by Crippen LogP contribution is 2.28. The number of hydrogen-bond acceptors (Lipinski definition) is 5. The van der Waals surface area contributed by atoms with E-state index in [9.17, 15) is 14.9 Å². The van der Waals surface area contributed by atoms with Crippen LogP contribution in [0.25, 0.3) is 0 Å². The van der Waals surface area contributed by atoms with Crippen LogP contribution in [0.4, 0.5) is 11.4 Å². The van der Waals surface area contributed by atoms with Crippen molar-refractivity contribution in [3.8, 4) is 5.75 Å². The highest BCUT2D eigenvalue weighted by Gasteiger charge is 2.16. The summed E-state index contributed by atoms with van der Waals surface area (Å²) >= 11 is 0. The van der Waals surface area contributed by atoms with Crippen molar-refractivity contribution >= 4 is 17.3 Å². The topological polar surface area (TPSA) is 104 Å². The molecule has 1 amide bonds. The highest BCUT2D eigenvalue weighted by molar-refractivity contribution is 5.93. The van der Waals surface area contributed by atoms with Crippen LogP contribution in [-0.2, 0) is 4.79 Å². The molecule has 0 fully saturated rings. The molecule has 0 bridgehead atoms. The number of carbonyl (C=O) groups excluding carboxylic acids is 1. The molecular weight excluding hydrogens is 238 g/mol. The van der Waals surface area contributed by atoms with Gasteiger partial charge in [0, 0.05) is 13.0 Å². The molecule has 0 aliphatic carbocycles. The molecule has 0 aromatic heterocycles. The number of nitro groups is 1. The lowest BCUT2D eigenvalue weighted by Crippen LogP contribution is -2.21. The van der Waals surface area contributed by atoms with Gasteiger partial charge in [-0.05, 0) is 18.7 Å². The van der Waals surface area contributed by atoms with Crippen molar-refractivity contribution in [1.82, 2.24) is 5.32 Å². The zero-order valence-electron chi connectivity index (χ0n) is 9.97. The summed E-state index contributed by atoms with van der Waals surface area (Å²) in [6.45, 7) is 3.18. The van der Waals surface area contributed by atoms with E-state index in [-0.39, 0.29) is 29.5 Å². The Bertz CT molecular complexity index is 448. The number of phenols is 1. The molecule has 3 N–H and O–H groups in total. The summed E-state index contributed by atoms with van der Waals surface area (Å²) in [5.74, 6) is -0.530. The predicted molar refractivity (Wildman–Crippen MR) is 66.6 cm³/mol. The maximum Gasteiger partial charge on any atom is 0.296 e. The number of aromatic hydroxyl groups is 1. The van der Waals surface area contributed by atoms with Crippen molar-refractivity contribution in [3.63, 3.8) is 0 Å². The fourth-order valence-electron chi connectivity index (χ4n) is 1.37. The summed E-state index contributed by atoms with van der Waals surface area (Å²) in [4.78, 5) is 21.6. The number of phenolic OH excluding ortho intramolecular Hbond substituents is 1. The van der Waals surface area contributed by atoms with Gasteiger partial charge < -0.3 is 15.7 Å². The maximum atomic E-state index is 11.5. The van der Waals surface area contributed by atoms with Crippen LogP contribution in [0.1, 0.15) is 13.3 Å². The fourth-order valence-corrected chi connectivity index (χ4v) is 1.37. The fraction of sp³-hybridized carbons (Fsp3) is 0.364. The number of nitro benzene ring substituents is 1. The number of nitrogens with zero attached hydrogens (tertiary/aromatic N) is 1. The largest absolute Gasteiger partial charge is 0.508 e.